The number of carbonyl (C=O) groups is 2. The molecule has 2 aliphatic rings. The third-order valence-corrected chi connectivity index (χ3v) is 11.1. The fraction of sp³-hybridized carbons (Fsp3) is 0.333. The molecule has 0 saturated carbocycles. The SMILES string of the molecule is CN1CCN(Cc2ccc(OCCCc3sc(N4CCc5cccc(C(=O)Nc6nc7ccccc7s6)c5C4)nc3C(=O)O)cc2)CC1. The number of para-hydroxylation sites is 1. The van der Waals surface area contributed by atoms with Crippen LogP contribution in [0.1, 0.15) is 48.8 Å². The van der Waals surface area contributed by atoms with Gasteiger partial charge in [0, 0.05) is 56.3 Å². The molecule has 1 fully saturated rings. The van der Waals surface area contributed by atoms with Gasteiger partial charge < -0.3 is 19.6 Å². The van der Waals surface area contributed by atoms with E-state index >= 15 is 0 Å². The zero-order chi connectivity index (χ0) is 33.0. The lowest BCUT2D eigenvalue weighted by Gasteiger charge is -2.32. The lowest BCUT2D eigenvalue weighted by atomic mass is 9.94. The van der Waals surface area contributed by atoms with Crippen molar-refractivity contribution in [2.24, 2.45) is 0 Å². The number of aromatic nitrogens is 2. The number of ether oxygens (including phenoxy) is 1. The summed E-state index contributed by atoms with van der Waals surface area (Å²) in [6.45, 7) is 6.96. The molecule has 2 aromatic heterocycles. The highest BCUT2D eigenvalue weighted by Crippen LogP contribution is 2.33. The molecule has 48 heavy (non-hydrogen) atoms. The van der Waals surface area contributed by atoms with Gasteiger partial charge in [-0.25, -0.2) is 14.8 Å². The number of benzene rings is 3. The number of aromatic carboxylic acids is 1. The van der Waals surface area contributed by atoms with Crippen molar-refractivity contribution < 1.29 is 19.4 Å². The van der Waals surface area contributed by atoms with Crippen molar-refractivity contribution >= 4 is 55.0 Å². The van der Waals surface area contributed by atoms with Crippen molar-refractivity contribution in [1.29, 1.82) is 0 Å². The Morgan fingerprint density at radius 1 is 0.938 bits per heavy atom. The number of likely N-dealkylation sites (N-methyl/N-ethyl adjacent to an activating group) is 1. The predicted molar refractivity (Wildman–Crippen MR) is 191 cm³/mol. The Morgan fingerprint density at radius 2 is 1.75 bits per heavy atom. The number of fused-ring (bicyclic) bond motifs is 2. The number of piperazine rings is 1. The topological polar surface area (TPSA) is 111 Å². The largest absolute Gasteiger partial charge is 0.494 e. The first-order chi connectivity index (χ1) is 23.4. The van der Waals surface area contributed by atoms with Crippen LogP contribution in [-0.4, -0.2) is 83.1 Å². The summed E-state index contributed by atoms with van der Waals surface area (Å²) >= 11 is 2.86. The van der Waals surface area contributed by atoms with Gasteiger partial charge in [-0.3, -0.25) is 15.0 Å². The van der Waals surface area contributed by atoms with E-state index in [1.54, 1.807) is 0 Å². The molecule has 2 N–H and O–H groups in total. The molecule has 10 nitrogen and oxygen atoms in total. The van der Waals surface area contributed by atoms with E-state index in [0.717, 1.165) is 71.1 Å². The summed E-state index contributed by atoms with van der Waals surface area (Å²) in [5.74, 6) is -0.420. The zero-order valence-electron chi connectivity index (χ0n) is 26.9. The number of carboxylic acids is 1. The van der Waals surface area contributed by atoms with Gasteiger partial charge in [-0.2, -0.15) is 0 Å². The van der Waals surface area contributed by atoms with Crippen LogP contribution in [-0.2, 0) is 25.9 Å². The van der Waals surface area contributed by atoms with Crippen LogP contribution in [0.25, 0.3) is 10.2 Å². The van der Waals surface area contributed by atoms with Gasteiger partial charge in [-0.15, -0.1) is 11.3 Å². The molecule has 7 rings (SSSR count). The van der Waals surface area contributed by atoms with Crippen molar-refractivity contribution in [2.75, 3.05) is 56.6 Å². The molecule has 0 radical (unpaired) electrons. The van der Waals surface area contributed by atoms with E-state index in [-0.39, 0.29) is 11.6 Å². The molecule has 0 unspecified atom stereocenters. The second kappa shape index (κ2) is 14.4. The predicted octanol–water partition coefficient (Wildman–Crippen LogP) is 6.03. The standard InChI is InChI=1S/C36H38N6O4S2/c1-40-17-19-41(20-18-40)22-24-11-13-26(14-12-24)46-21-5-10-31-32(34(44)45)38-36(48-31)42-16-15-25-6-4-7-27(28(25)23-42)33(43)39-35-37-29-8-2-3-9-30(29)47-35/h2-4,6-9,11-14H,5,10,15-23H2,1H3,(H,44,45)(H,37,39,43). The second-order valence-electron chi connectivity index (χ2n) is 12.3. The Morgan fingerprint density at radius 3 is 2.54 bits per heavy atom. The first-order valence-electron chi connectivity index (χ1n) is 16.3. The Kier molecular flexibility index (Phi) is 9.66. The van der Waals surface area contributed by atoms with Crippen LogP contribution in [0.2, 0.25) is 0 Å². The first kappa shape index (κ1) is 32.2. The van der Waals surface area contributed by atoms with Crippen LogP contribution in [0.3, 0.4) is 0 Å². The second-order valence-corrected chi connectivity index (χ2v) is 14.4. The molecule has 4 heterocycles. The third-order valence-electron chi connectivity index (χ3n) is 8.93. The number of carbonyl (C=O) groups excluding carboxylic acids is 1. The van der Waals surface area contributed by atoms with E-state index in [1.807, 2.05) is 48.5 Å². The molecule has 0 spiro atoms. The lowest BCUT2D eigenvalue weighted by molar-refractivity contribution is 0.0690. The van der Waals surface area contributed by atoms with E-state index in [0.29, 0.717) is 48.4 Å². The van der Waals surface area contributed by atoms with Crippen LogP contribution >= 0.6 is 22.7 Å². The fourth-order valence-electron chi connectivity index (χ4n) is 6.24. The summed E-state index contributed by atoms with van der Waals surface area (Å²) in [5.41, 5.74) is 4.86. The minimum Gasteiger partial charge on any atom is -0.494 e. The molecule has 248 valence electrons. The molecule has 1 amide bonds. The molecule has 0 bridgehead atoms. The number of rotatable bonds is 11. The number of amides is 1. The number of nitrogens with one attached hydrogen (secondary N) is 1. The van der Waals surface area contributed by atoms with Crippen molar-refractivity contribution in [3.63, 3.8) is 0 Å². The number of hydrogen-bond donors (Lipinski definition) is 2. The van der Waals surface area contributed by atoms with E-state index < -0.39 is 5.97 Å². The van der Waals surface area contributed by atoms with Crippen molar-refractivity contribution in [2.45, 2.75) is 32.4 Å². The summed E-state index contributed by atoms with van der Waals surface area (Å²) in [6.07, 6.45) is 1.96. The number of carboxylic acid groups (broad SMARTS) is 1. The summed E-state index contributed by atoms with van der Waals surface area (Å²) in [7, 11) is 2.17. The van der Waals surface area contributed by atoms with E-state index in [9.17, 15) is 14.7 Å². The van der Waals surface area contributed by atoms with Crippen molar-refractivity contribution in [3.8, 4) is 5.75 Å². The summed E-state index contributed by atoms with van der Waals surface area (Å²) < 4.78 is 7.02. The maximum atomic E-state index is 13.4. The van der Waals surface area contributed by atoms with Gasteiger partial charge in [-0.1, -0.05) is 47.7 Å². The molecule has 0 aliphatic carbocycles. The molecule has 5 aromatic rings. The zero-order valence-corrected chi connectivity index (χ0v) is 28.5. The summed E-state index contributed by atoms with van der Waals surface area (Å²) in [4.78, 5) is 42.4. The molecule has 0 atom stereocenters. The van der Waals surface area contributed by atoms with Crippen molar-refractivity contribution in [3.05, 3.63) is 99.6 Å². The number of hydrogen-bond acceptors (Lipinski definition) is 10. The number of nitrogens with zero attached hydrogens (tertiary/aromatic N) is 5. The number of anilines is 2. The van der Waals surface area contributed by atoms with Crippen LogP contribution in [0.5, 0.6) is 5.75 Å². The van der Waals surface area contributed by atoms with Gasteiger partial charge in [0.1, 0.15) is 5.75 Å². The minimum atomic E-state index is -1.03. The van der Waals surface area contributed by atoms with Gasteiger partial charge in [0.05, 0.1) is 16.8 Å². The molecular formula is C36H38N6O4S2. The maximum absolute atomic E-state index is 13.4. The third kappa shape index (κ3) is 7.36. The fourth-order valence-corrected chi connectivity index (χ4v) is 8.22. The first-order valence-corrected chi connectivity index (χ1v) is 17.9. The molecular weight excluding hydrogens is 645 g/mol. The highest BCUT2D eigenvalue weighted by Gasteiger charge is 2.27. The Bertz CT molecular complexity index is 1880. The lowest BCUT2D eigenvalue weighted by Crippen LogP contribution is -2.43. The molecule has 12 heteroatoms. The summed E-state index contributed by atoms with van der Waals surface area (Å²) in [5, 5.41) is 14.2. The van der Waals surface area contributed by atoms with Crippen LogP contribution in [0.15, 0.2) is 66.7 Å². The highest BCUT2D eigenvalue weighted by atomic mass is 32.1. The summed E-state index contributed by atoms with van der Waals surface area (Å²) in [6, 6.07) is 21.9. The number of aryl methyl sites for hydroxylation is 1. The normalized spacial score (nSPS) is 15.4. The molecule has 1 saturated heterocycles. The Hall–Kier alpha value is -4.36. The average Bonchev–Trinajstić information content (AvgIpc) is 3.72. The van der Waals surface area contributed by atoms with Gasteiger partial charge in [0.2, 0.25) is 0 Å². The van der Waals surface area contributed by atoms with Crippen LogP contribution in [0, 0.1) is 0 Å². The maximum Gasteiger partial charge on any atom is 0.355 e. The Balaban J connectivity index is 0.966. The molecule has 3 aromatic carbocycles. The van der Waals surface area contributed by atoms with Gasteiger partial charge >= 0.3 is 5.97 Å². The van der Waals surface area contributed by atoms with E-state index in [2.05, 4.69) is 55.2 Å². The minimum absolute atomic E-state index is 0.0934. The van der Waals surface area contributed by atoms with Crippen LogP contribution < -0.4 is 15.0 Å². The van der Waals surface area contributed by atoms with Crippen molar-refractivity contribution in [1.82, 2.24) is 19.8 Å². The van der Waals surface area contributed by atoms with Gasteiger partial charge in [0.25, 0.3) is 5.91 Å². The number of thiazole rings is 2. The van der Waals surface area contributed by atoms with Crippen LogP contribution in [0.4, 0.5) is 10.3 Å². The monoisotopic (exact) mass is 682 g/mol. The van der Waals surface area contributed by atoms with Gasteiger partial charge in [0.15, 0.2) is 16.0 Å². The smallest absolute Gasteiger partial charge is 0.355 e. The van der Waals surface area contributed by atoms with Gasteiger partial charge in [-0.05, 0) is 73.3 Å². The van der Waals surface area contributed by atoms with E-state index in [4.69, 9.17) is 4.74 Å². The quantitative estimate of drug-likeness (QED) is 0.162. The highest BCUT2D eigenvalue weighted by molar-refractivity contribution is 7.22. The molecule has 2 aliphatic heterocycles. The van der Waals surface area contributed by atoms with E-state index in [1.165, 1.54) is 28.2 Å². The Labute approximate surface area is 287 Å². The average molecular weight is 683 g/mol.